The van der Waals surface area contributed by atoms with E-state index in [0.717, 1.165) is 19.4 Å². The molecule has 0 spiro atoms. The quantitative estimate of drug-likeness (QED) is 0.848. The maximum atomic E-state index is 12.4. The number of para-hydroxylation sites is 1. The molecular weight excluding hydrogens is 276 g/mol. The molecule has 1 heterocycles. The summed E-state index contributed by atoms with van der Waals surface area (Å²) in [6.45, 7) is 7.50. The highest BCUT2D eigenvalue weighted by Crippen LogP contribution is 2.29. The lowest BCUT2D eigenvalue weighted by molar-refractivity contribution is -0.125. The number of carbonyl (C=O) groups is 1. The van der Waals surface area contributed by atoms with Gasteiger partial charge in [-0.2, -0.15) is 0 Å². The molecule has 0 unspecified atom stereocenters. The fraction of sp³-hybridized carbons (Fsp3) is 0.611. The van der Waals surface area contributed by atoms with Crippen LogP contribution in [0.3, 0.4) is 0 Å². The Kier molecular flexibility index (Phi) is 5.83. The van der Waals surface area contributed by atoms with Crippen LogP contribution in [-0.2, 0) is 4.79 Å². The first kappa shape index (κ1) is 16.8. The minimum Gasteiger partial charge on any atom is -0.391 e. The van der Waals surface area contributed by atoms with Crippen LogP contribution in [0.4, 0.5) is 5.69 Å². The summed E-state index contributed by atoms with van der Waals surface area (Å²) in [5.41, 5.74) is 1.17. The molecule has 2 N–H and O–H groups in total. The number of hydrogen-bond donors (Lipinski definition) is 2. The van der Waals surface area contributed by atoms with Crippen molar-refractivity contribution in [3.63, 3.8) is 0 Å². The summed E-state index contributed by atoms with van der Waals surface area (Å²) < 4.78 is 0. The van der Waals surface area contributed by atoms with Gasteiger partial charge in [-0.25, -0.2) is 0 Å². The van der Waals surface area contributed by atoms with Gasteiger partial charge >= 0.3 is 0 Å². The van der Waals surface area contributed by atoms with Crippen LogP contribution < -0.4 is 10.2 Å². The second-order valence-corrected chi connectivity index (χ2v) is 6.69. The van der Waals surface area contributed by atoms with E-state index >= 15 is 0 Å². The van der Waals surface area contributed by atoms with Gasteiger partial charge < -0.3 is 15.3 Å². The van der Waals surface area contributed by atoms with Crippen molar-refractivity contribution in [2.45, 2.75) is 45.8 Å². The molecule has 0 aromatic heterocycles. The zero-order valence-corrected chi connectivity index (χ0v) is 13.8. The SMILES string of the molecule is CC(C)C[C@H](O)CNC(=O)[C@H]1CCN(c2ccccc2)[C@H]1C. The molecule has 0 saturated carbocycles. The van der Waals surface area contributed by atoms with Crippen molar-refractivity contribution in [1.29, 1.82) is 0 Å². The molecule has 4 nitrogen and oxygen atoms in total. The fourth-order valence-corrected chi connectivity index (χ4v) is 3.25. The molecule has 1 aliphatic heterocycles. The molecular formula is C18H28N2O2. The molecule has 1 aromatic rings. The van der Waals surface area contributed by atoms with Gasteiger partial charge in [0.15, 0.2) is 0 Å². The summed E-state index contributed by atoms with van der Waals surface area (Å²) in [6, 6.07) is 10.4. The number of hydrogen-bond acceptors (Lipinski definition) is 3. The third-order valence-electron chi connectivity index (χ3n) is 4.43. The van der Waals surface area contributed by atoms with E-state index < -0.39 is 6.10 Å². The van der Waals surface area contributed by atoms with E-state index in [0.29, 0.717) is 12.5 Å². The lowest BCUT2D eigenvalue weighted by Crippen LogP contribution is -2.41. The number of anilines is 1. The molecule has 0 bridgehead atoms. The van der Waals surface area contributed by atoms with E-state index in [-0.39, 0.29) is 17.9 Å². The Labute approximate surface area is 133 Å². The van der Waals surface area contributed by atoms with Crippen LogP contribution in [0.25, 0.3) is 0 Å². The highest BCUT2D eigenvalue weighted by Gasteiger charge is 2.35. The van der Waals surface area contributed by atoms with E-state index in [1.807, 2.05) is 18.2 Å². The summed E-state index contributed by atoms with van der Waals surface area (Å²) >= 11 is 0. The van der Waals surface area contributed by atoms with Crippen molar-refractivity contribution in [2.75, 3.05) is 18.0 Å². The van der Waals surface area contributed by atoms with Gasteiger partial charge in [-0.3, -0.25) is 4.79 Å². The Morgan fingerprint density at radius 1 is 1.36 bits per heavy atom. The van der Waals surface area contributed by atoms with Crippen molar-refractivity contribution in [3.05, 3.63) is 30.3 Å². The largest absolute Gasteiger partial charge is 0.391 e. The summed E-state index contributed by atoms with van der Waals surface area (Å²) in [7, 11) is 0. The first-order valence-corrected chi connectivity index (χ1v) is 8.26. The van der Waals surface area contributed by atoms with Crippen molar-refractivity contribution in [1.82, 2.24) is 5.32 Å². The van der Waals surface area contributed by atoms with Crippen molar-refractivity contribution >= 4 is 11.6 Å². The zero-order chi connectivity index (χ0) is 16.1. The van der Waals surface area contributed by atoms with Crippen LogP contribution in [0.1, 0.15) is 33.6 Å². The fourth-order valence-electron chi connectivity index (χ4n) is 3.25. The van der Waals surface area contributed by atoms with Crippen molar-refractivity contribution in [3.8, 4) is 0 Å². The molecule has 1 saturated heterocycles. The van der Waals surface area contributed by atoms with Crippen LogP contribution in [0.5, 0.6) is 0 Å². The molecule has 0 aliphatic carbocycles. The number of nitrogens with zero attached hydrogens (tertiary/aromatic N) is 1. The number of benzene rings is 1. The molecule has 22 heavy (non-hydrogen) atoms. The Balaban J connectivity index is 1.87. The summed E-state index contributed by atoms with van der Waals surface area (Å²) in [4.78, 5) is 14.7. The first-order chi connectivity index (χ1) is 10.5. The number of amides is 1. The Hall–Kier alpha value is -1.55. The highest BCUT2D eigenvalue weighted by atomic mass is 16.3. The number of carbonyl (C=O) groups excluding carboxylic acids is 1. The van der Waals surface area contributed by atoms with Gasteiger partial charge in [0.1, 0.15) is 0 Å². The molecule has 4 heteroatoms. The molecule has 1 fully saturated rings. The third-order valence-corrected chi connectivity index (χ3v) is 4.43. The monoisotopic (exact) mass is 304 g/mol. The average molecular weight is 304 g/mol. The molecule has 1 aromatic carbocycles. The average Bonchev–Trinajstić information content (AvgIpc) is 2.87. The maximum Gasteiger partial charge on any atom is 0.225 e. The van der Waals surface area contributed by atoms with Gasteiger partial charge in [0.2, 0.25) is 5.91 Å². The second kappa shape index (κ2) is 7.63. The maximum absolute atomic E-state index is 12.4. The Bertz CT molecular complexity index is 475. The summed E-state index contributed by atoms with van der Waals surface area (Å²) in [6.07, 6.45) is 1.13. The van der Waals surface area contributed by atoms with Gasteiger partial charge in [0.25, 0.3) is 0 Å². The smallest absolute Gasteiger partial charge is 0.225 e. The summed E-state index contributed by atoms with van der Waals surface area (Å²) in [5, 5.41) is 12.8. The number of aliphatic hydroxyl groups is 1. The molecule has 2 rings (SSSR count). The highest BCUT2D eigenvalue weighted by molar-refractivity contribution is 5.80. The van der Waals surface area contributed by atoms with Gasteiger partial charge in [0.05, 0.1) is 12.0 Å². The van der Waals surface area contributed by atoms with Crippen LogP contribution >= 0.6 is 0 Å². The van der Waals surface area contributed by atoms with Crippen molar-refractivity contribution < 1.29 is 9.90 Å². The third kappa shape index (κ3) is 4.23. The van der Waals surface area contributed by atoms with E-state index in [4.69, 9.17) is 0 Å². The number of aliphatic hydroxyl groups excluding tert-OH is 1. The van der Waals surface area contributed by atoms with E-state index in [1.54, 1.807) is 0 Å². The van der Waals surface area contributed by atoms with Crippen LogP contribution in [0.15, 0.2) is 30.3 Å². The van der Waals surface area contributed by atoms with Crippen LogP contribution in [0, 0.1) is 11.8 Å². The zero-order valence-electron chi connectivity index (χ0n) is 13.8. The lowest BCUT2D eigenvalue weighted by Gasteiger charge is -2.26. The Morgan fingerprint density at radius 3 is 2.68 bits per heavy atom. The number of rotatable bonds is 6. The predicted octanol–water partition coefficient (Wildman–Crippen LogP) is 2.42. The standard InChI is InChI=1S/C18H28N2O2/c1-13(2)11-16(21)12-19-18(22)17-9-10-20(14(17)3)15-7-5-4-6-8-15/h4-8,13-14,16-17,21H,9-12H2,1-3H3,(H,19,22)/t14-,16-,17-/m0/s1. The minimum atomic E-state index is -0.453. The van der Waals surface area contributed by atoms with Gasteiger partial charge in [-0.15, -0.1) is 0 Å². The van der Waals surface area contributed by atoms with Crippen molar-refractivity contribution in [2.24, 2.45) is 11.8 Å². The van der Waals surface area contributed by atoms with Gasteiger partial charge in [-0.05, 0) is 37.8 Å². The van der Waals surface area contributed by atoms with E-state index in [2.05, 4.69) is 43.1 Å². The second-order valence-electron chi connectivity index (χ2n) is 6.69. The first-order valence-electron chi connectivity index (χ1n) is 8.26. The Morgan fingerprint density at radius 2 is 2.05 bits per heavy atom. The van der Waals surface area contributed by atoms with Gasteiger partial charge in [-0.1, -0.05) is 32.0 Å². The molecule has 1 amide bonds. The lowest BCUT2D eigenvalue weighted by atomic mass is 10.00. The van der Waals surface area contributed by atoms with E-state index in [1.165, 1.54) is 5.69 Å². The topological polar surface area (TPSA) is 52.6 Å². The molecule has 3 atom stereocenters. The van der Waals surface area contributed by atoms with Gasteiger partial charge in [0, 0.05) is 24.8 Å². The minimum absolute atomic E-state index is 0.00791. The summed E-state index contributed by atoms with van der Waals surface area (Å²) in [5.74, 6) is 0.492. The predicted molar refractivity (Wildman–Crippen MR) is 89.8 cm³/mol. The van der Waals surface area contributed by atoms with Crippen LogP contribution in [-0.4, -0.2) is 36.2 Å². The van der Waals surface area contributed by atoms with Crippen LogP contribution in [0.2, 0.25) is 0 Å². The normalized spacial score (nSPS) is 22.9. The number of nitrogens with one attached hydrogen (secondary N) is 1. The molecule has 1 aliphatic rings. The molecule has 0 radical (unpaired) electrons. The van der Waals surface area contributed by atoms with E-state index in [9.17, 15) is 9.90 Å². The molecule has 122 valence electrons.